The highest BCUT2D eigenvalue weighted by atomic mass is 16.4. The van der Waals surface area contributed by atoms with Crippen LogP contribution in [0, 0.1) is 5.92 Å². The summed E-state index contributed by atoms with van der Waals surface area (Å²) in [5.74, 6) is 0.277. The van der Waals surface area contributed by atoms with E-state index < -0.39 is 5.97 Å². The number of aliphatic carboxylic acids is 1. The van der Waals surface area contributed by atoms with Crippen molar-refractivity contribution in [1.29, 1.82) is 0 Å². The molecule has 0 aromatic carbocycles. The normalized spacial score (nSPS) is 21.8. The highest BCUT2D eigenvalue weighted by Gasteiger charge is 2.46. The number of nitrogens with one attached hydrogen (secondary N) is 1. The van der Waals surface area contributed by atoms with E-state index in [1.165, 1.54) is 0 Å². The maximum atomic E-state index is 10.8. The fourth-order valence-corrected chi connectivity index (χ4v) is 2.00. The number of H-pyrrole nitrogens is 1. The Morgan fingerprint density at radius 1 is 1.44 bits per heavy atom. The van der Waals surface area contributed by atoms with E-state index in [1.54, 1.807) is 12.4 Å². The maximum Gasteiger partial charge on any atom is 0.307 e. The number of carbonyl (C=O) groups is 1. The van der Waals surface area contributed by atoms with Crippen LogP contribution in [0.5, 0.6) is 0 Å². The molecule has 1 aliphatic rings. The van der Waals surface area contributed by atoms with Crippen LogP contribution in [0.1, 0.15) is 29.6 Å². The van der Waals surface area contributed by atoms with Gasteiger partial charge >= 0.3 is 5.97 Å². The summed E-state index contributed by atoms with van der Waals surface area (Å²) in [5, 5.41) is 15.8. The van der Waals surface area contributed by atoms with Gasteiger partial charge in [-0.05, 0) is 24.1 Å². The average Bonchev–Trinajstić information content (AvgIpc) is 3.05. The number of carboxylic acids is 1. The zero-order chi connectivity index (χ0) is 12.5. The molecule has 2 aromatic rings. The summed E-state index contributed by atoms with van der Waals surface area (Å²) < 4.78 is 0. The number of aromatic nitrogens is 4. The molecule has 0 aliphatic heterocycles. The van der Waals surface area contributed by atoms with Crippen LogP contribution in [-0.4, -0.2) is 31.2 Å². The molecule has 3 rings (SSSR count). The number of rotatable bonds is 4. The molecule has 0 unspecified atom stereocenters. The summed E-state index contributed by atoms with van der Waals surface area (Å²) >= 11 is 0. The zero-order valence-electron chi connectivity index (χ0n) is 9.58. The molecule has 2 aromatic heterocycles. The molecule has 2 N–H and O–H groups in total. The van der Waals surface area contributed by atoms with Gasteiger partial charge in [0.05, 0.1) is 5.92 Å². The minimum atomic E-state index is -0.763. The summed E-state index contributed by atoms with van der Waals surface area (Å²) in [5.41, 5.74) is 1.10. The number of hydrogen-bond acceptors (Lipinski definition) is 4. The molecule has 0 bridgehead atoms. The summed E-state index contributed by atoms with van der Waals surface area (Å²) in [6.45, 7) is 0. The first-order valence-corrected chi connectivity index (χ1v) is 5.77. The van der Waals surface area contributed by atoms with Gasteiger partial charge in [-0.15, -0.1) is 0 Å². The van der Waals surface area contributed by atoms with Gasteiger partial charge in [0, 0.05) is 24.7 Å². The van der Waals surface area contributed by atoms with E-state index >= 15 is 0 Å². The molecule has 6 nitrogen and oxygen atoms in total. The molecule has 2 atom stereocenters. The third-order valence-corrected chi connectivity index (χ3v) is 3.11. The lowest BCUT2D eigenvalue weighted by molar-refractivity contribution is -0.138. The Balaban J connectivity index is 1.69. The molecular formula is C12H12N4O2. The average molecular weight is 244 g/mol. The second-order valence-corrected chi connectivity index (χ2v) is 4.46. The van der Waals surface area contributed by atoms with Crippen molar-refractivity contribution in [3.63, 3.8) is 0 Å². The van der Waals surface area contributed by atoms with E-state index in [2.05, 4.69) is 20.2 Å². The van der Waals surface area contributed by atoms with Gasteiger partial charge in [0.1, 0.15) is 5.82 Å². The largest absolute Gasteiger partial charge is 0.481 e. The van der Waals surface area contributed by atoms with Crippen LogP contribution in [-0.2, 0) is 11.2 Å². The topological polar surface area (TPSA) is 91.8 Å². The molecule has 0 radical (unpaired) electrons. The van der Waals surface area contributed by atoms with Crippen molar-refractivity contribution in [3.05, 3.63) is 41.7 Å². The van der Waals surface area contributed by atoms with Crippen LogP contribution in [0.3, 0.4) is 0 Å². The Labute approximate surface area is 103 Å². The van der Waals surface area contributed by atoms with Gasteiger partial charge in [-0.1, -0.05) is 0 Å². The second-order valence-electron chi connectivity index (χ2n) is 4.46. The Morgan fingerprint density at radius 3 is 2.89 bits per heavy atom. The zero-order valence-corrected chi connectivity index (χ0v) is 9.58. The number of pyridine rings is 1. The second kappa shape index (κ2) is 4.21. The molecule has 1 aliphatic carbocycles. The minimum Gasteiger partial charge on any atom is -0.481 e. The summed E-state index contributed by atoms with van der Waals surface area (Å²) in [6, 6.07) is 3.83. The van der Waals surface area contributed by atoms with E-state index in [-0.39, 0.29) is 11.8 Å². The Bertz CT molecular complexity index is 566. The van der Waals surface area contributed by atoms with Gasteiger partial charge in [0.2, 0.25) is 0 Å². The molecule has 18 heavy (non-hydrogen) atoms. The van der Waals surface area contributed by atoms with Gasteiger partial charge in [-0.2, -0.15) is 5.10 Å². The molecule has 0 saturated heterocycles. The van der Waals surface area contributed by atoms with Crippen molar-refractivity contribution >= 4 is 5.97 Å². The molecule has 0 amide bonds. The highest BCUT2D eigenvalue weighted by Crippen LogP contribution is 2.45. The van der Waals surface area contributed by atoms with Gasteiger partial charge in [0.15, 0.2) is 5.82 Å². The molecule has 1 saturated carbocycles. The Hall–Kier alpha value is -2.24. The van der Waals surface area contributed by atoms with Gasteiger partial charge < -0.3 is 5.11 Å². The SMILES string of the molecule is O=C(O)[C@@H]1C[C@H]1c1n[nH]c(Cc2ccncc2)n1. The van der Waals surface area contributed by atoms with Gasteiger partial charge in [-0.25, -0.2) is 4.98 Å². The van der Waals surface area contributed by atoms with E-state index in [4.69, 9.17) is 5.11 Å². The Morgan fingerprint density at radius 2 is 2.22 bits per heavy atom. The van der Waals surface area contributed by atoms with Crippen molar-refractivity contribution in [3.8, 4) is 0 Å². The van der Waals surface area contributed by atoms with Crippen molar-refractivity contribution in [2.75, 3.05) is 0 Å². The summed E-state index contributed by atoms with van der Waals surface area (Å²) in [7, 11) is 0. The molecule has 6 heteroatoms. The fraction of sp³-hybridized carbons (Fsp3) is 0.333. The summed E-state index contributed by atoms with van der Waals surface area (Å²) in [4.78, 5) is 19.1. The van der Waals surface area contributed by atoms with E-state index in [0.717, 1.165) is 11.4 Å². The molecular weight excluding hydrogens is 232 g/mol. The molecule has 0 spiro atoms. The first kappa shape index (κ1) is 10.9. The molecule has 92 valence electrons. The van der Waals surface area contributed by atoms with Crippen molar-refractivity contribution in [1.82, 2.24) is 20.2 Å². The number of hydrogen-bond donors (Lipinski definition) is 2. The van der Waals surface area contributed by atoms with Crippen molar-refractivity contribution in [2.24, 2.45) is 5.92 Å². The van der Waals surface area contributed by atoms with Crippen LogP contribution < -0.4 is 0 Å². The van der Waals surface area contributed by atoms with Crippen molar-refractivity contribution < 1.29 is 9.90 Å². The third-order valence-electron chi connectivity index (χ3n) is 3.11. The van der Waals surface area contributed by atoms with Crippen LogP contribution in [0.25, 0.3) is 0 Å². The number of carboxylic acid groups (broad SMARTS) is 1. The number of aromatic amines is 1. The van der Waals surface area contributed by atoms with Crippen LogP contribution in [0.4, 0.5) is 0 Å². The minimum absolute atomic E-state index is 0.0232. The Kier molecular flexibility index (Phi) is 2.55. The fourth-order valence-electron chi connectivity index (χ4n) is 2.00. The summed E-state index contributed by atoms with van der Waals surface area (Å²) in [6.07, 6.45) is 4.75. The van der Waals surface area contributed by atoms with E-state index in [1.807, 2.05) is 12.1 Å². The van der Waals surface area contributed by atoms with Crippen molar-refractivity contribution in [2.45, 2.75) is 18.8 Å². The smallest absolute Gasteiger partial charge is 0.307 e. The maximum absolute atomic E-state index is 10.8. The highest BCUT2D eigenvalue weighted by molar-refractivity contribution is 5.74. The third kappa shape index (κ3) is 2.09. The first-order chi connectivity index (χ1) is 8.74. The first-order valence-electron chi connectivity index (χ1n) is 5.77. The standard InChI is InChI=1S/C12H12N4O2/c17-12(18)9-6-8(9)11-14-10(15-16-11)5-7-1-3-13-4-2-7/h1-4,8-9H,5-6H2,(H,17,18)(H,14,15,16)/t8-,9-/m1/s1. The van der Waals surface area contributed by atoms with Gasteiger partial charge in [-0.3, -0.25) is 14.9 Å². The van der Waals surface area contributed by atoms with Gasteiger partial charge in [0.25, 0.3) is 0 Å². The monoisotopic (exact) mass is 244 g/mol. The predicted octanol–water partition coefficient (Wildman–Crippen LogP) is 0.979. The van der Waals surface area contributed by atoms with Crippen LogP contribution in [0.15, 0.2) is 24.5 Å². The van der Waals surface area contributed by atoms with Crippen LogP contribution >= 0.6 is 0 Å². The van der Waals surface area contributed by atoms with Crippen LogP contribution in [0.2, 0.25) is 0 Å². The number of nitrogens with zero attached hydrogens (tertiary/aromatic N) is 3. The quantitative estimate of drug-likeness (QED) is 0.836. The van der Waals surface area contributed by atoms with E-state index in [9.17, 15) is 4.79 Å². The van der Waals surface area contributed by atoms with E-state index in [0.29, 0.717) is 18.7 Å². The predicted molar refractivity (Wildman–Crippen MR) is 61.9 cm³/mol. The lowest BCUT2D eigenvalue weighted by Gasteiger charge is -1.95. The lowest BCUT2D eigenvalue weighted by Crippen LogP contribution is -1.99. The molecule has 1 fully saturated rings. The lowest BCUT2D eigenvalue weighted by atomic mass is 10.2. The molecule has 2 heterocycles.